The highest BCUT2D eigenvalue weighted by atomic mass is 32.1. The number of nitrogens with one attached hydrogen (secondary N) is 1. The van der Waals surface area contributed by atoms with Gasteiger partial charge in [0.05, 0.1) is 12.2 Å². The van der Waals surface area contributed by atoms with Crippen molar-refractivity contribution in [3.05, 3.63) is 40.9 Å². The van der Waals surface area contributed by atoms with Crippen molar-refractivity contribution in [2.75, 3.05) is 5.73 Å². The molecule has 0 saturated carbocycles. The van der Waals surface area contributed by atoms with Gasteiger partial charge in [-0.25, -0.2) is 0 Å². The van der Waals surface area contributed by atoms with Crippen molar-refractivity contribution in [1.29, 1.82) is 0 Å². The van der Waals surface area contributed by atoms with E-state index >= 15 is 0 Å². The summed E-state index contributed by atoms with van der Waals surface area (Å²) in [6.45, 7) is 1.91. The molecule has 3 N–H and O–H groups in total. The molecule has 0 bridgehead atoms. The van der Waals surface area contributed by atoms with Gasteiger partial charge in [0.2, 0.25) is 5.89 Å². The van der Waals surface area contributed by atoms with Crippen molar-refractivity contribution in [3.63, 3.8) is 0 Å². The number of hydrogen-bond acceptors (Lipinski definition) is 6. The highest BCUT2D eigenvalue weighted by Crippen LogP contribution is 2.33. The number of amides is 1. The van der Waals surface area contributed by atoms with Gasteiger partial charge in [-0.05, 0) is 13.0 Å². The zero-order valence-electron chi connectivity index (χ0n) is 10.7. The van der Waals surface area contributed by atoms with Crippen LogP contribution in [0, 0.1) is 6.92 Å². The first-order valence-corrected chi connectivity index (χ1v) is 6.81. The quantitative estimate of drug-likeness (QED) is 0.769. The van der Waals surface area contributed by atoms with Gasteiger partial charge in [-0.15, -0.1) is 11.3 Å². The number of nitrogens with zero attached hydrogens (tertiary/aromatic N) is 2. The van der Waals surface area contributed by atoms with E-state index in [4.69, 9.17) is 10.3 Å². The van der Waals surface area contributed by atoms with Gasteiger partial charge in [0.1, 0.15) is 4.88 Å². The van der Waals surface area contributed by atoms with E-state index in [-0.39, 0.29) is 12.5 Å². The molecule has 0 saturated heterocycles. The first kappa shape index (κ1) is 12.6. The molecule has 20 heavy (non-hydrogen) atoms. The maximum Gasteiger partial charge on any atom is 0.263 e. The number of hydrogen-bond donors (Lipinski definition) is 2. The molecule has 1 amide bonds. The fourth-order valence-electron chi connectivity index (χ4n) is 1.88. The Hall–Kier alpha value is -2.41. The van der Waals surface area contributed by atoms with Gasteiger partial charge in [0.25, 0.3) is 5.91 Å². The summed E-state index contributed by atoms with van der Waals surface area (Å²) < 4.78 is 5.93. The lowest BCUT2D eigenvalue weighted by Gasteiger charge is -2.00. The predicted octanol–water partition coefficient (Wildman–Crippen LogP) is 2.10. The molecule has 0 radical (unpaired) electrons. The molecule has 2 heterocycles. The summed E-state index contributed by atoms with van der Waals surface area (Å²) in [5, 5.41) is 7.29. The third kappa shape index (κ3) is 2.23. The summed E-state index contributed by atoms with van der Waals surface area (Å²) in [7, 11) is 0. The van der Waals surface area contributed by atoms with Crippen LogP contribution in [0.2, 0.25) is 0 Å². The monoisotopic (exact) mass is 288 g/mol. The summed E-state index contributed by atoms with van der Waals surface area (Å²) in [4.78, 5) is 16.7. The Morgan fingerprint density at radius 1 is 1.45 bits per heavy atom. The number of nitrogen functional groups attached to an aromatic ring is 1. The standard InChI is InChI=1S/C13H12N4O2S/c1-7-16-10(19-17-7)6-15-13(18)12-11(14)8-4-2-3-5-9(8)20-12/h2-5H,6,14H2,1H3,(H,15,18). The minimum absolute atomic E-state index is 0.188. The fourth-order valence-corrected chi connectivity index (χ4v) is 2.92. The Bertz CT molecular complexity index is 778. The van der Waals surface area contributed by atoms with E-state index in [1.54, 1.807) is 6.92 Å². The average Bonchev–Trinajstić information content (AvgIpc) is 3.01. The first-order valence-electron chi connectivity index (χ1n) is 5.99. The third-order valence-electron chi connectivity index (χ3n) is 2.81. The summed E-state index contributed by atoms with van der Waals surface area (Å²) in [5.41, 5.74) is 6.52. The predicted molar refractivity (Wildman–Crippen MR) is 76.4 cm³/mol. The second-order valence-electron chi connectivity index (χ2n) is 4.26. The van der Waals surface area contributed by atoms with Gasteiger partial charge >= 0.3 is 0 Å². The largest absolute Gasteiger partial charge is 0.397 e. The molecule has 0 atom stereocenters. The summed E-state index contributed by atoms with van der Waals surface area (Å²) in [5.74, 6) is 0.672. The zero-order valence-corrected chi connectivity index (χ0v) is 11.5. The molecule has 3 aromatic rings. The van der Waals surface area contributed by atoms with Crippen LogP contribution in [-0.4, -0.2) is 16.0 Å². The summed E-state index contributed by atoms with van der Waals surface area (Å²) in [6, 6.07) is 7.66. The minimum Gasteiger partial charge on any atom is -0.397 e. The van der Waals surface area contributed by atoms with Gasteiger partial charge in [-0.1, -0.05) is 23.4 Å². The number of benzene rings is 1. The fraction of sp³-hybridized carbons (Fsp3) is 0.154. The van der Waals surface area contributed by atoms with Crippen molar-refractivity contribution < 1.29 is 9.32 Å². The van der Waals surface area contributed by atoms with Gasteiger partial charge in [0.15, 0.2) is 5.82 Å². The first-order chi connectivity index (χ1) is 9.65. The van der Waals surface area contributed by atoms with Crippen LogP contribution in [0.4, 0.5) is 5.69 Å². The van der Waals surface area contributed by atoms with Crippen LogP contribution in [0.3, 0.4) is 0 Å². The maximum atomic E-state index is 12.1. The van der Waals surface area contributed by atoms with E-state index in [1.165, 1.54) is 11.3 Å². The number of thiophene rings is 1. The van der Waals surface area contributed by atoms with E-state index in [0.717, 1.165) is 10.1 Å². The van der Waals surface area contributed by atoms with Crippen LogP contribution in [0.5, 0.6) is 0 Å². The number of nitrogens with two attached hydrogens (primary N) is 1. The summed E-state index contributed by atoms with van der Waals surface area (Å²) in [6.07, 6.45) is 0. The number of anilines is 1. The number of aryl methyl sites for hydroxylation is 1. The Morgan fingerprint density at radius 3 is 2.95 bits per heavy atom. The summed E-state index contributed by atoms with van der Waals surface area (Å²) >= 11 is 1.37. The Kier molecular flexibility index (Phi) is 3.11. The van der Waals surface area contributed by atoms with Gasteiger partial charge in [-0.2, -0.15) is 4.98 Å². The van der Waals surface area contributed by atoms with Crippen molar-refractivity contribution in [2.24, 2.45) is 0 Å². The molecule has 0 aliphatic heterocycles. The second kappa shape index (κ2) is 4.93. The molecule has 3 rings (SSSR count). The highest BCUT2D eigenvalue weighted by Gasteiger charge is 2.16. The van der Waals surface area contributed by atoms with Crippen molar-refractivity contribution in [2.45, 2.75) is 13.5 Å². The van der Waals surface area contributed by atoms with Gasteiger partial charge in [0, 0.05) is 10.1 Å². The van der Waals surface area contributed by atoms with Crippen molar-refractivity contribution in [3.8, 4) is 0 Å². The lowest BCUT2D eigenvalue weighted by molar-refractivity contribution is 0.0951. The Balaban J connectivity index is 1.80. The van der Waals surface area contributed by atoms with E-state index in [1.807, 2.05) is 24.3 Å². The highest BCUT2D eigenvalue weighted by molar-refractivity contribution is 7.21. The molecule has 1 aromatic carbocycles. The van der Waals surface area contributed by atoms with Crippen LogP contribution in [0.15, 0.2) is 28.8 Å². The zero-order chi connectivity index (χ0) is 14.1. The molecule has 6 nitrogen and oxygen atoms in total. The molecule has 7 heteroatoms. The molecular formula is C13H12N4O2S. The molecule has 0 aliphatic carbocycles. The SMILES string of the molecule is Cc1noc(CNC(=O)c2sc3ccccc3c2N)n1. The minimum atomic E-state index is -0.237. The lowest BCUT2D eigenvalue weighted by Crippen LogP contribution is -2.22. The number of rotatable bonds is 3. The average molecular weight is 288 g/mol. The second-order valence-corrected chi connectivity index (χ2v) is 5.31. The van der Waals surface area contributed by atoms with Crippen LogP contribution < -0.4 is 11.1 Å². The Labute approximate surface area is 118 Å². The molecule has 0 spiro atoms. The van der Waals surface area contributed by atoms with Crippen LogP contribution >= 0.6 is 11.3 Å². The van der Waals surface area contributed by atoms with Crippen LogP contribution in [-0.2, 0) is 6.54 Å². The molecule has 2 aromatic heterocycles. The van der Waals surface area contributed by atoms with Gasteiger partial charge < -0.3 is 15.6 Å². The van der Waals surface area contributed by atoms with Crippen molar-refractivity contribution >= 4 is 33.0 Å². The van der Waals surface area contributed by atoms with E-state index in [0.29, 0.717) is 22.3 Å². The van der Waals surface area contributed by atoms with Crippen LogP contribution in [0.1, 0.15) is 21.4 Å². The van der Waals surface area contributed by atoms with Gasteiger partial charge in [-0.3, -0.25) is 4.79 Å². The number of fused-ring (bicyclic) bond motifs is 1. The number of aromatic nitrogens is 2. The topological polar surface area (TPSA) is 94.0 Å². The van der Waals surface area contributed by atoms with Crippen LogP contribution in [0.25, 0.3) is 10.1 Å². The molecule has 102 valence electrons. The van der Waals surface area contributed by atoms with Crippen molar-refractivity contribution in [1.82, 2.24) is 15.5 Å². The van der Waals surface area contributed by atoms with E-state index in [2.05, 4.69) is 15.5 Å². The molecule has 0 aliphatic rings. The van der Waals surface area contributed by atoms with E-state index < -0.39 is 0 Å². The molecule has 0 unspecified atom stereocenters. The smallest absolute Gasteiger partial charge is 0.263 e. The Morgan fingerprint density at radius 2 is 2.25 bits per heavy atom. The number of carbonyl (C=O) groups is 1. The third-order valence-corrected chi connectivity index (χ3v) is 4.00. The van der Waals surface area contributed by atoms with E-state index in [9.17, 15) is 4.79 Å². The normalized spacial score (nSPS) is 10.8. The molecule has 0 fully saturated rings. The number of carbonyl (C=O) groups excluding carboxylic acids is 1. The molecular weight excluding hydrogens is 276 g/mol. The maximum absolute atomic E-state index is 12.1. The lowest BCUT2D eigenvalue weighted by atomic mass is 10.2.